The third-order valence-electron chi connectivity index (χ3n) is 8.07. The van der Waals surface area contributed by atoms with Crippen LogP contribution in [0.15, 0.2) is 11.6 Å². The highest BCUT2D eigenvalue weighted by molar-refractivity contribution is 5.95. The Bertz CT molecular complexity index is 489. The Balaban J connectivity index is 1.61. The fourth-order valence-electron chi connectivity index (χ4n) is 5.54. The number of hydrogen-bond donors (Lipinski definition) is 1. The van der Waals surface area contributed by atoms with Crippen LogP contribution in [0.2, 0.25) is 0 Å². The van der Waals surface area contributed by atoms with Gasteiger partial charge in [-0.25, -0.2) is 0 Å². The lowest BCUT2D eigenvalue weighted by atomic mass is 9.78. The standard InChI is InChI=1S/C27H48O2/c1-4-22-15-17-25(18-16-22)27(29)20-23(5-2)10-9-13-26(28)19-14-21(3)24-11-7-6-8-12-24/h17,21-24,26,28H,4-16,18-20H2,1-3H3/t21?,22?,23?,26-/m1/s1. The minimum absolute atomic E-state index is 0.152. The van der Waals surface area contributed by atoms with Crippen LogP contribution in [0.3, 0.4) is 0 Å². The Morgan fingerprint density at radius 1 is 1.07 bits per heavy atom. The van der Waals surface area contributed by atoms with Crippen molar-refractivity contribution >= 4 is 5.78 Å². The van der Waals surface area contributed by atoms with Crippen LogP contribution in [0.1, 0.15) is 124 Å². The summed E-state index contributed by atoms with van der Waals surface area (Å²) in [5.74, 6) is 3.33. The minimum atomic E-state index is -0.152. The number of rotatable bonds is 13. The lowest BCUT2D eigenvalue weighted by Crippen LogP contribution is -2.18. The summed E-state index contributed by atoms with van der Waals surface area (Å²) in [5, 5.41) is 10.4. The zero-order valence-electron chi connectivity index (χ0n) is 19.6. The third kappa shape index (κ3) is 8.95. The number of hydrogen-bond acceptors (Lipinski definition) is 2. The first-order valence-corrected chi connectivity index (χ1v) is 12.9. The summed E-state index contributed by atoms with van der Waals surface area (Å²) in [4.78, 5) is 12.7. The highest BCUT2D eigenvalue weighted by atomic mass is 16.3. The van der Waals surface area contributed by atoms with Gasteiger partial charge in [0.25, 0.3) is 0 Å². The summed E-state index contributed by atoms with van der Waals surface area (Å²) < 4.78 is 0. The second-order valence-electron chi connectivity index (χ2n) is 10.2. The van der Waals surface area contributed by atoms with E-state index in [0.717, 1.165) is 68.3 Å². The molecule has 0 aromatic carbocycles. The molecule has 2 rings (SSSR count). The summed E-state index contributed by atoms with van der Waals surface area (Å²) in [7, 11) is 0. The first kappa shape index (κ1) is 24.6. The number of aliphatic hydroxyl groups is 1. The van der Waals surface area contributed by atoms with E-state index in [1.54, 1.807) is 0 Å². The van der Waals surface area contributed by atoms with Crippen molar-refractivity contribution in [2.45, 2.75) is 130 Å². The zero-order valence-corrected chi connectivity index (χ0v) is 19.6. The van der Waals surface area contributed by atoms with Crippen LogP contribution < -0.4 is 0 Å². The highest BCUT2D eigenvalue weighted by Crippen LogP contribution is 2.33. The van der Waals surface area contributed by atoms with Gasteiger partial charge in [0, 0.05) is 6.42 Å². The van der Waals surface area contributed by atoms with E-state index in [0.29, 0.717) is 18.1 Å². The van der Waals surface area contributed by atoms with Crippen LogP contribution in [0.4, 0.5) is 0 Å². The van der Waals surface area contributed by atoms with Crippen molar-refractivity contribution in [1.82, 2.24) is 0 Å². The van der Waals surface area contributed by atoms with Crippen molar-refractivity contribution in [3.63, 3.8) is 0 Å². The van der Waals surface area contributed by atoms with Gasteiger partial charge < -0.3 is 5.11 Å². The van der Waals surface area contributed by atoms with Crippen molar-refractivity contribution in [2.75, 3.05) is 0 Å². The van der Waals surface area contributed by atoms with Gasteiger partial charge in [-0.2, -0.15) is 0 Å². The lowest BCUT2D eigenvalue weighted by Gasteiger charge is -2.28. The van der Waals surface area contributed by atoms with Crippen molar-refractivity contribution in [3.8, 4) is 0 Å². The molecule has 1 fully saturated rings. The molecule has 0 aliphatic heterocycles. The molecule has 1 N–H and O–H groups in total. The average Bonchev–Trinajstić information content (AvgIpc) is 2.77. The molecular weight excluding hydrogens is 356 g/mol. The smallest absolute Gasteiger partial charge is 0.158 e. The van der Waals surface area contributed by atoms with Crippen molar-refractivity contribution in [1.29, 1.82) is 0 Å². The fraction of sp³-hybridized carbons (Fsp3) is 0.889. The Kier molecular flexibility index (Phi) is 11.6. The molecule has 1 saturated carbocycles. The molecule has 0 spiro atoms. The van der Waals surface area contributed by atoms with Crippen molar-refractivity contribution in [3.05, 3.63) is 11.6 Å². The number of Topliss-reactive ketones (excluding diaryl/α,β-unsaturated/α-hetero) is 1. The van der Waals surface area contributed by atoms with Crippen molar-refractivity contribution in [2.24, 2.45) is 23.7 Å². The summed E-state index contributed by atoms with van der Waals surface area (Å²) in [6.07, 6.45) is 20.6. The molecule has 0 radical (unpaired) electrons. The second kappa shape index (κ2) is 13.6. The molecule has 0 aromatic rings. The van der Waals surface area contributed by atoms with Crippen LogP contribution in [0.25, 0.3) is 0 Å². The highest BCUT2D eigenvalue weighted by Gasteiger charge is 2.22. The van der Waals surface area contributed by atoms with Crippen LogP contribution in [0, 0.1) is 23.7 Å². The SMILES string of the molecule is CCC1CC=C(C(=O)CC(CC)CCC[C@@H](O)CCC(C)C2CCCCC2)CC1. The lowest BCUT2D eigenvalue weighted by molar-refractivity contribution is -0.116. The van der Waals surface area contributed by atoms with Crippen LogP contribution >= 0.6 is 0 Å². The molecule has 0 bridgehead atoms. The Morgan fingerprint density at radius 3 is 2.45 bits per heavy atom. The molecule has 2 heteroatoms. The molecule has 0 aromatic heterocycles. The van der Waals surface area contributed by atoms with Crippen molar-refractivity contribution < 1.29 is 9.90 Å². The van der Waals surface area contributed by atoms with E-state index in [-0.39, 0.29) is 6.10 Å². The van der Waals surface area contributed by atoms with E-state index in [1.807, 2.05) is 0 Å². The maximum absolute atomic E-state index is 12.7. The van der Waals surface area contributed by atoms with E-state index in [4.69, 9.17) is 0 Å². The van der Waals surface area contributed by atoms with E-state index in [1.165, 1.54) is 51.4 Å². The van der Waals surface area contributed by atoms with Gasteiger partial charge in [0.2, 0.25) is 0 Å². The van der Waals surface area contributed by atoms with Crippen LogP contribution in [0.5, 0.6) is 0 Å². The number of carbonyl (C=O) groups is 1. The normalized spacial score (nSPS) is 24.0. The number of carbonyl (C=O) groups excluding carboxylic acids is 1. The summed E-state index contributed by atoms with van der Waals surface area (Å²) in [6.45, 7) is 6.86. The number of aliphatic hydroxyl groups excluding tert-OH is 1. The minimum Gasteiger partial charge on any atom is -0.393 e. The molecule has 2 aliphatic carbocycles. The first-order valence-electron chi connectivity index (χ1n) is 12.9. The molecule has 0 amide bonds. The summed E-state index contributed by atoms with van der Waals surface area (Å²) in [6, 6.07) is 0. The monoisotopic (exact) mass is 404 g/mol. The topological polar surface area (TPSA) is 37.3 Å². The van der Waals surface area contributed by atoms with E-state index in [2.05, 4.69) is 26.8 Å². The molecule has 2 aliphatic rings. The molecule has 168 valence electrons. The molecule has 2 nitrogen and oxygen atoms in total. The molecule has 3 unspecified atom stereocenters. The van der Waals surface area contributed by atoms with Crippen LogP contribution in [-0.4, -0.2) is 17.0 Å². The molecule has 4 atom stereocenters. The maximum Gasteiger partial charge on any atom is 0.158 e. The van der Waals surface area contributed by atoms with E-state index in [9.17, 15) is 9.90 Å². The number of ketones is 1. The van der Waals surface area contributed by atoms with Gasteiger partial charge in [-0.05, 0) is 74.2 Å². The quantitative estimate of drug-likeness (QED) is 0.342. The first-order chi connectivity index (χ1) is 14.0. The van der Waals surface area contributed by atoms with Gasteiger partial charge in [-0.3, -0.25) is 4.79 Å². The molecule has 29 heavy (non-hydrogen) atoms. The second-order valence-corrected chi connectivity index (χ2v) is 10.2. The van der Waals surface area contributed by atoms with Gasteiger partial charge in [0.15, 0.2) is 5.78 Å². The molecule has 0 saturated heterocycles. The molecule has 0 heterocycles. The largest absolute Gasteiger partial charge is 0.393 e. The van der Waals surface area contributed by atoms with Gasteiger partial charge in [0.1, 0.15) is 0 Å². The van der Waals surface area contributed by atoms with Crippen LogP contribution in [-0.2, 0) is 4.79 Å². The maximum atomic E-state index is 12.7. The van der Waals surface area contributed by atoms with Gasteiger partial charge >= 0.3 is 0 Å². The Morgan fingerprint density at radius 2 is 1.83 bits per heavy atom. The fourth-order valence-corrected chi connectivity index (χ4v) is 5.54. The number of allylic oxidation sites excluding steroid dienone is 2. The van der Waals surface area contributed by atoms with E-state index >= 15 is 0 Å². The zero-order chi connectivity index (χ0) is 21.1. The van der Waals surface area contributed by atoms with Gasteiger partial charge in [-0.15, -0.1) is 0 Å². The predicted octanol–water partition coefficient (Wildman–Crippen LogP) is 7.64. The molecular formula is C27H48O2. The Hall–Kier alpha value is -0.630. The summed E-state index contributed by atoms with van der Waals surface area (Å²) >= 11 is 0. The summed E-state index contributed by atoms with van der Waals surface area (Å²) in [5.41, 5.74) is 1.10. The van der Waals surface area contributed by atoms with Gasteiger partial charge in [0.05, 0.1) is 6.10 Å². The van der Waals surface area contributed by atoms with Gasteiger partial charge in [-0.1, -0.05) is 78.2 Å². The van der Waals surface area contributed by atoms with E-state index < -0.39 is 0 Å². The predicted molar refractivity (Wildman–Crippen MR) is 124 cm³/mol. The average molecular weight is 405 g/mol. The Labute approximate surface area is 180 Å². The third-order valence-corrected chi connectivity index (χ3v) is 8.07.